The lowest BCUT2D eigenvalue weighted by Crippen LogP contribution is -2.05. The largest absolute Gasteiger partial charge is 0.304 e. The van der Waals surface area contributed by atoms with Gasteiger partial charge in [-0.15, -0.1) is 0 Å². The lowest BCUT2D eigenvalue weighted by molar-refractivity contribution is 0.240. The van der Waals surface area contributed by atoms with Gasteiger partial charge >= 0.3 is 11.4 Å². The highest BCUT2D eigenvalue weighted by atomic mass is 32.2. The standard InChI is InChI=1S/C24H50O3S/c1-3-5-7-9-11-13-15-17-19-21-23-26-28(25)27-24-22-20-18-16-14-12-10-8-6-4-2/h3-24H2,1-2H3. The molecule has 0 atom stereocenters. The Bertz CT molecular complexity index is 282. The van der Waals surface area contributed by atoms with Crippen LogP contribution < -0.4 is 0 Å². The van der Waals surface area contributed by atoms with Crippen LogP contribution in [0.4, 0.5) is 0 Å². The van der Waals surface area contributed by atoms with Crippen molar-refractivity contribution in [1.82, 2.24) is 0 Å². The highest BCUT2D eigenvalue weighted by Gasteiger charge is 2.01. The van der Waals surface area contributed by atoms with Gasteiger partial charge in [-0.25, -0.2) is 0 Å². The van der Waals surface area contributed by atoms with Gasteiger partial charge in [0.15, 0.2) is 0 Å². The van der Waals surface area contributed by atoms with Crippen molar-refractivity contribution in [2.75, 3.05) is 13.2 Å². The quantitative estimate of drug-likeness (QED) is 0.147. The van der Waals surface area contributed by atoms with Crippen molar-refractivity contribution in [1.29, 1.82) is 0 Å². The molecule has 4 heteroatoms. The van der Waals surface area contributed by atoms with E-state index in [1.807, 2.05) is 0 Å². The maximum Gasteiger partial charge on any atom is 0.304 e. The summed E-state index contributed by atoms with van der Waals surface area (Å²) in [5.41, 5.74) is 0. The van der Waals surface area contributed by atoms with E-state index < -0.39 is 11.4 Å². The van der Waals surface area contributed by atoms with E-state index in [-0.39, 0.29) is 0 Å². The Morgan fingerprint density at radius 2 is 0.679 bits per heavy atom. The number of unbranched alkanes of at least 4 members (excludes halogenated alkanes) is 18. The van der Waals surface area contributed by atoms with Crippen LogP contribution in [0.5, 0.6) is 0 Å². The predicted molar refractivity (Wildman–Crippen MR) is 124 cm³/mol. The number of hydrogen-bond donors (Lipinski definition) is 0. The second kappa shape index (κ2) is 25.1. The van der Waals surface area contributed by atoms with Crippen LogP contribution >= 0.6 is 0 Å². The molecule has 0 spiro atoms. The highest BCUT2D eigenvalue weighted by molar-refractivity contribution is 7.75. The Labute approximate surface area is 179 Å². The van der Waals surface area contributed by atoms with Crippen LogP contribution in [0.2, 0.25) is 0 Å². The van der Waals surface area contributed by atoms with E-state index in [2.05, 4.69) is 13.8 Å². The molecule has 28 heavy (non-hydrogen) atoms. The van der Waals surface area contributed by atoms with Gasteiger partial charge in [0.1, 0.15) is 0 Å². The summed E-state index contributed by atoms with van der Waals surface area (Å²) in [5, 5.41) is 0. The topological polar surface area (TPSA) is 35.5 Å². The second-order valence-corrected chi connectivity index (χ2v) is 9.09. The fourth-order valence-electron chi connectivity index (χ4n) is 3.47. The van der Waals surface area contributed by atoms with Crippen molar-refractivity contribution >= 4 is 11.4 Å². The molecule has 0 aliphatic rings. The molecule has 0 amide bonds. The van der Waals surface area contributed by atoms with Crippen LogP contribution in [0, 0.1) is 0 Å². The molecular weight excluding hydrogens is 368 g/mol. The molecule has 0 aliphatic carbocycles. The molecule has 0 saturated carbocycles. The summed E-state index contributed by atoms with van der Waals surface area (Å²) in [7, 11) is 0. The maximum absolute atomic E-state index is 11.6. The van der Waals surface area contributed by atoms with Gasteiger partial charge in [0.2, 0.25) is 0 Å². The van der Waals surface area contributed by atoms with Gasteiger partial charge in [0, 0.05) is 0 Å². The zero-order valence-electron chi connectivity index (χ0n) is 19.2. The summed E-state index contributed by atoms with van der Waals surface area (Å²) < 4.78 is 22.1. The molecule has 3 nitrogen and oxygen atoms in total. The van der Waals surface area contributed by atoms with E-state index in [0.717, 1.165) is 12.8 Å². The third-order valence-electron chi connectivity index (χ3n) is 5.35. The van der Waals surface area contributed by atoms with Crippen molar-refractivity contribution in [3.05, 3.63) is 0 Å². The van der Waals surface area contributed by atoms with Gasteiger partial charge in [-0.05, 0) is 12.8 Å². The molecule has 0 bridgehead atoms. The highest BCUT2D eigenvalue weighted by Crippen LogP contribution is 2.12. The van der Waals surface area contributed by atoms with Crippen LogP contribution in [0.1, 0.15) is 142 Å². The molecule has 0 N–H and O–H groups in total. The van der Waals surface area contributed by atoms with E-state index in [1.165, 1.54) is 116 Å². The van der Waals surface area contributed by atoms with Crippen LogP contribution in [-0.4, -0.2) is 17.4 Å². The van der Waals surface area contributed by atoms with E-state index >= 15 is 0 Å². The fraction of sp³-hybridized carbons (Fsp3) is 1.00. The van der Waals surface area contributed by atoms with Crippen LogP contribution in [0.3, 0.4) is 0 Å². The molecule has 0 radical (unpaired) electrons. The Morgan fingerprint density at radius 3 is 0.964 bits per heavy atom. The maximum atomic E-state index is 11.6. The summed E-state index contributed by atoms with van der Waals surface area (Å²) >= 11 is -1.55. The van der Waals surface area contributed by atoms with Gasteiger partial charge < -0.3 is 0 Å². The summed E-state index contributed by atoms with van der Waals surface area (Å²) in [6.07, 6.45) is 26.0. The zero-order valence-corrected chi connectivity index (χ0v) is 20.0. The van der Waals surface area contributed by atoms with Crippen LogP contribution in [0.15, 0.2) is 0 Å². The molecular formula is C24H50O3S. The first kappa shape index (κ1) is 28.1. The normalized spacial score (nSPS) is 11.5. The molecule has 0 rings (SSSR count). The predicted octanol–water partition coefficient (Wildman–Crippen LogP) is 8.44. The molecule has 0 aromatic carbocycles. The summed E-state index contributed by atoms with van der Waals surface area (Å²) in [5.74, 6) is 0. The summed E-state index contributed by atoms with van der Waals surface area (Å²) in [4.78, 5) is 0. The molecule has 0 heterocycles. The molecule has 0 unspecified atom stereocenters. The van der Waals surface area contributed by atoms with Gasteiger partial charge in [0.25, 0.3) is 0 Å². The minimum Gasteiger partial charge on any atom is -0.268 e. The van der Waals surface area contributed by atoms with Crippen LogP contribution in [-0.2, 0) is 19.7 Å². The van der Waals surface area contributed by atoms with Crippen molar-refractivity contribution in [2.24, 2.45) is 0 Å². The third kappa shape index (κ3) is 24.1. The minimum atomic E-state index is -1.55. The molecule has 170 valence electrons. The molecule has 0 saturated heterocycles. The number of rotatable bonds is 24. The Morgan fingerprint density at radius 1 is 0.429 bits per heavy atom. The molecule has 0 aromatic rings. The molecule has 0 aliphatic heterocycles. The van der Waals surface area contributed by atoms with E-state index in [1.54, 1.807) is 0 Å². The van der Waals surface area contributed by atoms with Crippen molar-refractivity contribution in [3.63, 3.8) is 0 Å². The monoisotopic (exact) mass is 418 g/mol. The molecule has 0 aromatic heterocycles. The minimum absolute atomic E-state index is 0.557. The summed E-state index contributed by atoms with van der Waals surface area (Å²) in [6.45, 7) is 5.64. The third-order valence-corrected chi connectivity index (χ3v) is 6.07. The number of hydrogen-bond acceptors (Lipinski definition) is 3. The van der Waals surface area contributed by atoms with Gasteiger partial charge in [-0.1, -0.05) is 129 Å². The summed E-state index contributed by atoms with van der Waals surface area (Å²) in [6, 6.07) is 0. The lowest BCUT2D eigenvalue weighted by Gasteiger charge is -2.05. The van der Waals surface area contributed by atoms with Crippen LogP contribution in [0.25, 0.3) is 0 Å². The van der Waals surface area contributed by atoms with Crippen molar-refractivity contribution in [3.8, 4) is 0 Å². The SMILES string of the molecule is CCCCCCCCCCCCOS(=O)OCCCCCCCCCCCC. The Balaban J connectivity index is 3.13. The van der Waals surface area contributed by atoms with Crippen molar-refractivity contribution < 1.29 is 12.6 Å². The first-order valence-corrected chi connectivity index (χ1v) is 13.5. The lowest BCUT2D eigenvalue weighted by atomic mass is 10.1. The first-order valence-electron chi connectivity index (χ1n) is 12.5. The van der Waals surface area contributed by atoms with E-state index in [4.69, 9.17) is 8.37 Å². The second-order valence-electron chi connectivity index (χ2n) is 8.21. The zero-order chi connectivity index (χ0) is 20.5. The average Bonchev–Trinajstić information content (AvgIpc) is 2.70. The Hall–Kier alpha value is 0.0700. The average molecular weight is 419 g/mol. The van der Waals surface area contributed by atoms with E-state index in [9.17, 15) is 4.21 Å². The molecule has 0 fully saturated rings. The Kier molecular flexibility index (Phi) is 25.2. The van der Waals surface area contributed by atoms with Gasteiger partial charge in [-0.3, -0.25) is 8.37 Å². The van der Waals surface area contributed by atoms with Gasteiger partial charge in [0.05, 0.1) is 13.2 Å². The van der Waals surface area contributed by atoms with Gasteiger partial charge in [-0.2, -0.15) is 4.21 Å². The first-order chi connectivity index (χ1) is 13.8. The fourth-order valence-corrected chi connectivity index (χ4v) is 4.04. The van der Waals surface area contributed by atoms with E-state index in [0.29, 0.717) is 13.2 Å². The smallest absolute Gasteiger partial charge is 0.268 e. The van der Waals surface area contributed by atoms with Crippen molar-refractivity contribution in [2.45, 2.75) is 142 Å².